The number of piperidine rings is 1. The van der Waals surface area contributed by atoms with Crippen LogP contribution in [0.2, 0.25) is 5.02 Å². The summed E-state index contributed by atoms with van der Waals surface area (Å²) < 4.78 is 22.4. The van der Waals surface area contributed by atoms with Gasteiger partial charge in [-0.15, -0.1) is 0 Å². The van der Waals surface area contributed by atoms with Crippen LogP contribution in [-0.2, 0) is 11.2 Å². The van der Waals surface area contributed by atoms with Crippen LogP contribution in [0.15, 0.2) is 35.3 Å². The van der Waals surface area contributed by atoms with Crippen LogP contribution in [0.4, 0.5) is 10.1 Å². The summed E-state index contributed by atoms with van der Waals surface area (Å²) in [5.74, 6) is -1.82. The van der Waals surface area contributed by atoms with Crippen LogP contribution < -0.4 is 15.1 Å². The Balaban J connectivity index is 1.90. The number of rotatable bonds is 8. The number of carbonyl (C=O) groups is 2. The van der Waals surface area contributed by atoms with Crippen molar-refractivity contribution in [1.82, 2.24) is 4.57 Å². The van der Waals surface area contributed by atoms with Crippen LogP contribution in [0.3, 0.4) is 0 Å². The first-order chi connectivity index (χ1) is 18.1. The van der Waals surface area contributed by atoms with E-state index in [0.29, 0.717) is 35.5 Å². The number of carboxylic acid groups (broad SMARTS) is 1. The van der Waals surface area contributed by atoms with Crippen LogP contribution in [0.25, 0.3) is 10.9 Å². The number of carboxylic acids is 1. The highest BCUT2D eigenvalue weighted by Gasteiger charge is 2.25. The number of aromatic carboxylic acids is 1. The molecule has 8 nitrogen and oxygen atoms in total. The van der Waals surface area contributed by atoms with Crippen molar-refractivity contribution in [2.24, 2.45) is 5.92 Å². The molecule has 1 aliphatic heterocycles. The predicted molar refractivity (Wildman–Crippen MR) is 143 cm³/mol. The molecule has 3 aromatic rings. The number of hydrogen-bond acceptors (Lipinski definition) is 5. The molecule has 2 N–H and O–H groups in total. The smallest absolute Gasteiger partial charge is 0.341 e. The topological polar surface area (TPSA) is 109 Å². The number of anilines is 1. The van der Waals surface area contributed by atoms with Crippen molar-refractivity contribution in [3.05, 3.63) is 68.2 Å². The predicted octanol–water partition coefficient (Wildman–Crippen LogP) is 4.80. The molecule has 2 aromatic carbocycles. The van der Waals surface area contributed by atoms with Crippen molar-refractivity contribution in [3.63, 3.8) is 0 Å². The van der Waals surface area contributed by atoms with Gasteiger partial charge in [0.1, 0.15) is 17.1 Å². The van der Waals surface area contributed by atoms with Gasteiger partial charge in [-0.25, -0.2) is 9.18 Å². The molecule has 1 unspecified atom stereocenters. The lowest BCUT2D eigenvalue weighted by atomic mass is 9.98. The number of aromatic nitrogens is 1. The maximum absolute atomic E-state index is 15.2. The molecule has 1 saturated heterocycles. The third-order valence-corrected chi connectivity index (χ3v) is 7.36. The van der Waals surface area contributed by atoms with Crippen molar-refractivity contribution < 1.29 is 28.9 Å². The van der Waals surface area contributed by atoms with E-state index in [1.807, 2.05) is 13.8 Å². The van der Waals surface area contributed by atoms with Crippen molar-refractivity contribution in [1.29, 1.82) is 0 Å². The molecule has 1 fully saturated rings. The number of aliphatic hydroxyl groups excluding tert-OH is 1. The monoisotopic (exact) mass is 544 g/mol. The van der Waals surface area contributed by atoms with E-state index in [-0.39, 0.29) is 40.8 Å². The SMILES string of the molecule is COc1cc2c(cc1Cc1cc(N3CCCCC3=O)cc(Cl)c1F)c(=O)c(C(=O)O)cn2C(CO)C(C)C. The van der Waals surface area contributed by atoms with Crippen LogP contribution >= 0.6 is 11.6 Å². The Labute approximate surface area is 224 Å². The lowest BCUT2D eigenvalue weighted by Gasteiger charge is -2.27. The molecule has 2 heterocycles. The molecular formula is C28H30ClFN2O6. The summed E-state index contributed by atoms with van der Waals surface area (Å²) in [5, 5.41) is 19.7. The number of methoxy groups -OCH3 is 1. The normalized spacial score (nSPS) is 14.8. The molecule has 1 aliphatic rings. The van der Waals surface area contributed by atoms with Crippen molar-refractivity contribution >= 4 is 40.1 Å². The summed E-state index contributed by atoms with van der Waals surface area (Å²) in [6, 6.07) is 5.60. The number of fused-ring (bicyclic) bond motifs is 1. The Hall–Kier alpha value is -3.43. The van der Waals surface area contributed by atoms with Gasteiger partial charge in [0.15, 0.2) is 0 Å². The minimum Gasteiger partial charge on any atom is -0.496 e. The van der Waals surface area contributed by atoms with E-state index in [2.05, 4.69) is 0 Å². The summed E-state index contributed by atoms with van der Waals surface area (Å²) in [6.45, 7) is 4.00. The Morgan fingerprint density at radius 1 is 1.16 bits per heavy atom. The van der Waals surface area contributed by atoms with Crippen LogP contribution in [-0.4, -0.2) is 46.9 Å². The number of nitrogens with zero attached hydrogens (tertiary/aromatic N) is 2. The van der Waals surface area contributed by atoms with Crippen LogP contribution in [0.5, 0.6) is 5.75 Å². The fraction of sp³-hybridized carbons (Fsp3) is 0.393. The summed E-state index contributed by atoms with van der Waals surface area (Å²) >= 11 is 6.22. The molecule has 1 amide bonds. The Kier molecular flexibility index (Phi) is 8.08. The first-order valence-corrected chi connectivity index (χ1v) is 12.8. The maximum atomic E-state index is 15.2. The highest BCUT2D eigenvalue weighted by molar-refractivity contribution is 6.31. The summed E-state index contributed by atoms with van der Waals surface area (Å²) in [7, 11) is 1.44. The molecule has 0 radical (unpaired) electrons. The van der Waals surface area contributed by atoms with Crippen molar-refractivity contribution in [2.75, 3.05) is 25.2 Å². The average Bonchev–Trinajstić information content (AvgIpc) is 2.88. The van der Waals surface area contributed by atoms with Crippen LogP contribution in [0, 0.1) is 11.7 Å². The van der Waals surface area contributed by atoms with Crippen LogP contribution in [0.1, 0.15) is 60.6 Å². The molecule has 38 heavy (non-hydrogen) atoms. The highest BCUT2D eigenvalue weighted by atomic mass is 35.5. The molecule has 202 valence electrons. The van der Waals surface area contributed by atoms with E-state index in [1.165, 1.54) is 25.4 Å². The minimum atomic E-state index is -1.39. The Bertz CT molecular complexity index is 1470. The molecule has 1 aromatic heterocycles. The lowest BCUT2D eigenvalue weighted by molar-refractivity contribution is -0.119. The fourth-order valence-electron chi connectivity index (χ4n) is 5.00. The highest BCUT2D eigenvalue weighted by Crippen LogP contribution is 2.34. The van der Waals surface area contributed by atoms with Gasteiger partial charge in [-0.2, -0.15) is 0 Å². The van der Waals surface area contributed by atoms with Gasteiger partial charge in [-0.3, -0.25) is 9.59 Å². The molecule has 1 atom stereocenters. The van der Waals surface area contributed by atoms with Crippen molar-refractivity contribution in [3.8, 4) is 5.75 Å². The largest absolute Gasteiger partial charge is 0.496 e. The number of benzene rings is 2. The number of ether oxygens (including phenoxy) is 1. The molecule has 0 aliphatic carbocycles. The number of halogens is 2. The second-order valence-electron chi connectivity index (χ2n) is 9.84. The molecule has 10 heteroatoms. The van der Waals surface area contributed by atoms with E-state index in [9.17, 15) is 24.6 Å². The summed E-state index contributed by atoms with van der Waals surface area (Å²) in [4.78, 5) is 39.1. The molecule has 0 saturated carbocycles. The van der Waals surface area contributed by atoms with Gasteiger partial charge in [-0.05, 0) is 48.1 Å². The molecular weight excluding hydrogens is 515 g/mol. The third-order valence-electron chi connectivity index (χ3n) is 7.08. The van der Waals surface area contributed by atoms with E-state index in [1.54, 1.807) is 21.6 Å². The number of carbonyl (C=O) groups excluding carboxylic acids is 1. The summed E-state index contributed by atoms with van der Waals surface area (Å²) in [5.41, 5.74) is 0.391. The quantitative estimate of drug-likeness (QED) is 0.422. The zero-order valence-corrected chi connectivity index (χ0v) is 22.2. The average molecular weight is 545 g/mol. The molecule has 4 rings (SSSR count). The van der Waals surface area contributed by atoms with E-state index in [0.717, 1.165) is 12.8 Å². The van der Waals surface area contributed by atoms with Gasteiger partial charge in [-0.1, -0.05) is 25.4 Å². The first kappa shape index (κ1) is 27.6. The minimum absolute atomic E-state index is 0.0229. The zero-order valence-electron chi connectivity index (χ0n) is 21.5. The number of aliphatic hydroxyl groups is 1. The summed E-state index contributed by atoms with van der Waals surface area (Å²) in [6.07, 6.45) is 3.26. The van der Waals surface area contributed by atoms with E-state index < -0.39 is 28.8 Å². The van der Waals surface area contributed by atoms with Gasteiger partial charge >= 0.3 is 5.97 Å². The Morgan fingerprint density at radius 3 is 2.50 bits per heavy atom. The lowest BCUT2D eigenvalue weighted by Crippen LogP contribution is -2.35. The zero-order chi connectivity index (χ0) is 27.7. The number of amides is 1. The standard InChI is InChI=1S/C28H30ClFN2O6/c1-15(2)23(14-33)32-13-20(28(36)37)27(35)19-10-16(24(38-3)12-22(19)32)8-17-9-18(11-21(29)26(17)30)31-7-5-4-6-25(31)34/h9-13,15,23,33H,4-8,14H2,1-3H3,(H,36,37). The van der Waals surface area contributed by atoms with Crippen molar-refractivity contribution in [2.45, 2.75) is 45.6 Å². The Morgan fingerprint density at radius 2 is 1.89 bits per heavy atom. The first-order valence-electron chi connectivity index (χ1n) is 12.5. The second kappa shape index (κ2) is 11.1. The van der Waals surface area contributed by atoms with Gasteiger partial charge in [0.2, 0.25) is 11.3 Å². The van der Waals surface area contributed by atoms with Gasteiger partial charge in [0.05, 0.1) is 30.3 Å². The number of hydrogen-bond donors (Lipinski definition) is 2. The third kappa shape index (κ3) is 5.13. The van der Waals surface area contributed by atoms with Gasteiger partial charge in [0, 0.05) is 42.7 Å². The van der Waals surface area contributed by atoms with E-state index >= 15 is 4.39 Å². The van der Waals surface area contributed by atoms with Gasteiger partial charge < -0.3 is 24.4 Å². The fourth-order valence-corrected chi connectivity index (χ4v) is 5.23. The second-order valence-corrected chi connectivity index (χ2v) is 10.2. The van der Waals surface area contributed by atoms with Gasteiger partial charge in [0.25, 0.3) is 0 Å². The molecule has 0 spiro atoms. The van der Waals surface area contributed by atoms with E-state index in [4.69, 9.17) is 16.3 Å². The molecule has 0 bridgehead atoms. The number of pyridine rings is 1. The maximum Gasteiger partial charge on any atom is 0.341 e.